The number of aromatic hydroxyl groups is 1. The standard InChI is InChI=1S/C21H19NO5/c1-3-22-18(12-9-10-14(23)16(11-12)26-4-2)17-19(24)13-7-5-6-8-15(13)27-20(17)21(22)25/h5-11,18,23H,3-4H2,1-2H3/t18-/m0/s1. The molecule has 0 aliphatic carbocycles. The van der Waals surface area contributed by atoms with Crippen LogP contribution in [0.25, 0.3) is 11.0 Å². The highest BCUT2D eigenvalue weighted by atomic mass is 16.5. The van der Waals surface area contributed by atoms with E-state index in [0.717, 1.165) is 0 Å². The molecule has 4 rings (SSSR count). The topological polar surface area (TPSA) is 80.0 Å². The Labute approximate surface area is 155 Å². The van der Waals surface area contributed by atoms with Crippen LogP contribution in [0.4, 0.5) is 0 Å². The molecular formula is C21H19NO5. The second-order valence-electron chi connectivity index (χ2n) is 6.32. The maximum Gasteiger partial charge on any atom is 0.290 e. The smallest absolute Gasteiger partial charge is 0.290 e. The van der Waals surface area contributed by atoms with Crippen LogP contribution in [0.5, 0.6) is 11.5 Å². The molecule has 0 unspecified atom stereocenters. The van der Waals surface area contributed by atoms with Crippen molar-refractivity contribution in [3.8, 4) is 11.5 Å². The van der Waals surface area contributed by atoms with E-state index in [1.807, 2.05) is 13.8 Å². The number of carbonyl (C=O) groups is 1. The first-order valence-corrected chi connectivity index (χ1v) is 8.89. The number of phenols is 1. The van der Waals surface area contributed by atoms with Crippen molar-refractivity contribution in [2.24, 2.45) is 0 Å². The molecule has 0 saturated heterocycles. The highest BCUT2D eigenvalue weighted by molar-refractivity contribution is 5.99. The maximum atomic E-state index is 13.2. The van der Waals surface area contributed by atoms with Crippen LogP contribution in [-0.4, -0.2) is 29.1 Å². The Morgan fingerprint density at radius 2 is 1.93 bits per heavy atom. The molecule has 3 aromatic rings. The first kappa shape index (κ1) is 17.1. The first-order chi connectivity index (χ1) is 13.1. The van der Waals surface area contributed by atoms with Gasteiger partial charge in [-0.3, -0.25) is 9.59 Å². The normalized spacial score (nSPS) is 16.0. The Kier molecular flexibility index (Phi) is 4.11. The van der Waals surface area contributed by atoms with E-state index in [4.69, 9.17) is 9.15 Å². The van der Waals surface area contributed by atoms with Gasteiger partial charge in [-0.2, -0.15) is 0 Å². The van der Waals surface area contributed by atoms with E-state index < -0.39 is 6.04 Å². The van der Waals surface area contributed by atoms with Crippen molar-refractivity contribution < 1.29 is 19.1 Å². The van der Waals surface area contributed by atoms with Gasteiger partial charge in [-0.15, -0.1) is 0 Å². The molecule has 0 saturated carbocycles. The van der Waals surface area contributed by atoms with Crippen molar-refractivity contribution in [3.05, 3.63) is 69.6 Å². The van der Waals surface area contributed by atoms with E-state index in [9.17, 15) is 14.7 Å². The summed E-state index contributed by atoms with van der Waals surface area (Å²) in [6.07, 6.45) is 0. The molecule has 1 aromatic heterocycles. The van der Waals surface area contributed by atoms with Gasteiger partial charge in [0, 0.05) is 6.54 Å². The number of benzene rings is 2. The summed E-state index contributed by atoms with van der Waals surface area (Å²) in [6.45, 7) is 4.47. The van der Waals surface area contributed by atoms with Gasteiger partial charge < -0.3 is 19.2 Å². The van der Waals surface area contributed by atoms with Crippen LogP contribution in [-0.2, 0) is 0 Å². The zero-order chi connectivity index (χ0) is 19.1. The number of hydrogen-bond donors (Lipinski definition) is 1. The van der Waals surface area contributed by atoms with E-state index in [-0.39, 0.29) is 22.8 Å². The predicted molar refractivity (Wildman–Crippen MR) is 100 cm³/mol. The quantitative estimate of drug-likeness (QED) is 0.766. The molecule has 1 atom stereocenters. The zero-order valence-electron chi connectivity index (χ0n) is 15.1. The summed E-state index contributed by atoms with van der Waals surface area (Å²) in [5, 5.41) is 10.4. The molecule has 2 heterocycles. The number of hydrogen-bond acceptors (Lipinski definition) is 5. The molecule has 6 heteroatoms. The highest BCUT2D eigenvalue weighted by Crippen LogP contribution is 2.40. The summed E-state index contributed by atoms with van der Waals surface area (Å²) < 4.78 is 11.3. The summed E-state index contributed by atoms with van der Waals surface area (Å²) in [5.74, 6) is 0.0962. The number of fused-ring (bicyclic) bond motifs is 2. The maximum absolute atomic E-state index is 13.2. The molecular weight excluding hydrogens is 346 g/mol. The number of amides is 1. The van der Waals surface area contributed by atoms with Crippen LogP contribution in [0.3, 0.4) is 0 Å². The molecule has 1 aliphatic rings. The Hall–Kier alpha value is -3.28. The molecule has 2 aromatic carbocycles. The number of para-hydroxylation sites is 1. The fourth-order valence-corrected chi connectivity index (χ4v) is 3.61. The van der Waals surface area contributed by atoms with Gasteiger partial charge in [0.15, 0.2) is 16.9 Å². The number of ether oxygens (including phenoxy) is 1. The van der Waals surface area contributed by atoms with Gasteiger partial charge in [0.1, 0.15) is 5.58 Å². The minimum absolute atomic E-state index is 0.0127. The lowest BCUT2D eigenvalue weighted by Crippen LogP contribution is -2.29. The monoisotopic (exact) mass is 365 g/mol. The van der Waals surface area contributed by atoms with E-state index >= 15 is 0 Å². The molecule has 1 amide bonds. The number of rotatable bonds is 4. The Bertz CT molecular complexity index is 1100. The average Bonchev–Trinajstić information content (AvgIpc) is 2.96. The van der Waals surface area contributed by atoms with Gasteiger partial charge >= 0.3 is 0 Å². The third kappa shape index (κ3) is 2.56. The molecule has 138 valence electrons. The van der Waals surface area contributed by atoms with Crippen LogP contribution in [0.1, 0.15) is 41.6 Å². The number of phenolic OH excluding ortho intramolecular Hbond substituents is 1. The highest BCUT2D eigenvalue weighted by Gasteiger charge is 2.42. The van der Waals surface area contributed by atoms with E-state index in [1.165, 1.54) is 6.07 Å². The Morgan fingerprint density at radius 1 is 1.15 bits per heavy atom. The van der Waals surface area contributed by atoms with Crippen molar-refractivity contribution in [3.63, 3.8) is 0 Å². The Balaban J connectivity index is 1.97. The van der Waals surface area contributed by atoms with Crippen molar-refractivity contribution in [1.29, 1.82) is 0 Å². The van der Waals surface area contributed by atoms with Crippen LogP contribution < -0.4 is 10.2 Å². The van der Waals surface area contributed by atoms with Gasteiger partial charge in [-0.1, -0.05) is 18.2 Å². The fourth-order valence-electron chi connectivity index (χ4n) is 3.61. The molecule has 0 fully saturated rings. The van der Waals surface area contributed by atoms with Crippen molar-refractivity contribution >= 4 is 16.9 Å². The largest absolute Gasteiger partial charge is 0.504 e. The van der Waals surface area contributed by atoms with Crippen molar-refractivity contribution in [2.75, 3.05) is 13.2 Å². The van der Waals surface area contributed by atoms with Gasteiger partial charge in [-0.05, 0) is 43.7 Å². The molecule has 0 radical (unpaired) electrons. The lowest BCUT2D eigenvalue weighted by molar-refractivity contribution is 0.0737. The van der Waals surface area contributed by atoms with Crippen LogP contribution in [0.2, 0.25) is 0 Å². The van der Waals surface area contributed by atoms with Gasteiger partial charge in [-0.25, -0.2) is 0 Å². The zero-order valence-corrected chi connectivity index (χ0v) is 15.1. The predicted octanol–water partition coefficient (Wildman–Crippen LogP) is 3.46. The molecule has 1 N–H and O–H groups in total. The minimum Gasteiger partial charge on any atom is -0.504 e. The third-order valence-electron chi connectivity index (χ3n) is 4.81. The summed E-state index contributed by atoms with van der Waals surface area (Å²) >= 11 is 0. The van der Waals surface area contributed by atoms with E-state index in [1.54, 1.807) is 41.3 Å². The number of nitrogens with zero attached hydrogens (tertiary/aromatic N) is 1. The van der Waals surface area contributed by atoms with E-state index in [2.05, 4.69) is 0 Å². The van der Waals surface area contributed by atoms with Crippen molar-refractivity contribution in [2.45, 2.75) is 19.9 Å². The summed E-state index contributed by atoms with van der Waals surface area (Å²) in [6, 6.07) is 11.2. The lowest BCUT2D eigenvalue weighted by Gasteiger charge is -2.24. The Morgan fingerprint density at radius 3 is 2.67 bits per heavy atom. The molecule has 6 nitrogen and oxygen atoms in total. The first-order valence-electron chi connectivity index (χ1n) is 8.89. The lowest BCUT2D eigenvalue weighted by atomic mass is 9.98. The second kappa shape index (κ2) is 6.46. The molecule has 0 bridgehead atoms. The molecule has 1 aliphatic heterocycles. The van der Waals surface area contributed by atoms with E-state index in [0.29, 0.717) is 41.0 Å². The van der Waals surface area contributed by atoms with Crippen molar-refractivity contribution in [1.82, 2.24) is 4.90 Å². The summed E-state index contributed by atoms with van der Waals surface area (Å²) in [4.78, 5) is 27.7. The van der Waals surface area contributed by atoms with Gasteiger partial charge in [0.05, 0.1) is 23.6 Å². The summed E-state index contributed by atoms with van der Waals surface area (Å²) in [7, 11) is 0. The SMILES string of the molecule is CCOc1cc([C@H]2c3c(oc4ccccc4c3=O)C(=O)N2CC)ccc1O. The third-order valence-corrected chi connectivity index (χ3v) is 4.81. The minimum atomic E-state index is -0.585. The molecule has 27 heavy (non-hydrogen) atoms. The van der Waals surface area contributed by atoms with Gasteiger partial charge in [0.2, 0.25) is 5.76 Å². The summed E-state index contributed by atoms with van der Waals surface area (Å²) in [5.41, 5.74) is 1.20. The van der Waals surface area contributed by atoms with Crippen LogP contribution >= 0.6 is 0 Å². The fraction of sp³-hybridized carbons (Fsp3) is 0.238. The molecule has 0 spiro atoms. The van der Waals surface area contributed by atoms with Crippen LogP contribution in [0.15, 0.2) is 51.7 Å². The number of carbonyl (C=O) groups excluding carboxylic acids is 1. The van der Waals surface area contributed by atoms with Crippen LogP contribution in [0, 0.1) is 0 Å². The van der Waals surface area contributed by atoms with Gasteiger partial charge in [0.25, 0.3) is 5.91 Å². The average molecular weight is 365 g/mol. The second-order valence-corrected chi connectivity index (χ2v) is 6.32.